The maximum atomic E-state index is 11.8. The Kier molecular flexibility index (Phi) is 19.2. The van der Waals surface area contributed by atoms with Crippen LogP contribution in [0.3, 0.4) is 0 Å². The quantitative estimate of drug-likeness (QED) is 0.182. The average Bonchev–Trinajstić information content (AvgIpc) is 2.52. The maximum absolute atomic E-state index is 11.8. The fourth-order valence-corrected chi connectivity index (χ4v) is 3.00. The Balaban J connectivity index is 0. The minimum atomic E-state index is -4.14. The van der Waals surface area contributed by atoms with Crippen molar-refractivity contribution in [3.8, 4) is 0 Å². The van der Waals surface area contributed by atoms with E-state index in [1.54, 1.807) is 18.0 Å². The number of likely N-dealkylation sites (N-methyl/N-ethyl adjacent to an activating group) is 1. The number of amides is 1. The number of nitrogens with zero attached hydrogens (tertiary/aromatic N) is 1. The molecule has 0 aromatic heterocycles. The Morgan fingerprint density at radius 1 is 0.960 bits per heavy atom. The summed E-state index contributed by atoms with van der Waals surface area (Å²) < 4.78 is 31.4. The van der Waals surface area contributed by atoms with Crippen molar-refractivity contribution in [1.82, 2.24) is 4.90 Å². The molecule has 0 aromatic rings. The molecule has 25 heavy (non-hydrogen) atoms. The predicted octanol–water partition coefficient (Wildman–Crippen LogP) is 0.861. The number of unbranched alkanes of at least 4 members (excludes halogenated alkanes) is 9. The zero-order chi connectivity index (χ0) is 18.3. The summed E-state index contributed by atoms with van der Waals surface area (Å²) in [5, 5.41) is 0. The smallest absolute Gasteiger partial charge is 0.748 e. The largest absolute Gasteiger partial charge is 1.00 e. The van der Waals surface area contributed by atoms with Crippen molar-refractivity contribution >= 4 is 16.0 Å². The molecule has 1 amide bonds. The second-order valence-electron chi connectivity index (χ2n) is 6.39. The number of hydrogen-bond acceptors (Lipinski definition) is 4. The fraction of sp³-hybridized carbons (Fsp3) is 0.833. The van der Waals surface area contributed by atoms with Crippen LogP contribution in [0, 0.1) is 0 Å². The number of rotatable bonds is 15. The van der Waals surface area contributed by atoms with Crippen molar-refractivity contribution in [1.29, 1.82) is 0 Å². The Labute approximate surface area is 176 Å². The summed E-state index contributed by atoms with van der Waals surface area (Å²) >= 11 is 0. The molecule has 0 aromatic carbocycles. The normalized spacial score (nSPS) is 11.5. The maximum Gasteiger partial charge on any atom is 1.00 e. The Bertz CT molecular complexity index is 452. The number of hydrogen-bond donors (Lipinski definition) is 0. The van der Waals surface area contributed by atoms with Gasteiger partial charge in [-0.2, -0.15) is 0 Å². The Morgan fingerprint density at radius 3 is 2.08 bits per heavy atom. The van der Waals surface area contributed by atoms with Gasteiger partial charge in [-0.3, -0.25) is 4.79 Å². The molecule has 0 unspecified atom stereocenters. The molecule has 0 aliphatic heterocycles. The van der Waals surface area contributed by atoms with E-state index in [0.29, 0.717) is 19.4 Å². The van der Waals surface area contributed by atoms with Gasteiger partial charge in [-0.15, -0.1) is 0 Å². The van der Waals surface area contributed by atoms with Gasteiger partial charge in [-0.1, -0.05) is 57.9 Å². The molecular formula is C18H34NNaO4S. The van der Waals surface area contributed by atoms with Crippen molar-refractivity contribution < 1.29 is 47.3 Å². The van der Waals surface area contributed by atoms with Crippen molar-refractivity contribution in [2.45, 2.75) is 77.6 Å². The predicted molar refractivity (Wildman–Crippen MR) is 97.8 cm³/mol. The number of carbonyl (C=O) groups is 1. The third kappa shape index (κ3) is 20.3. The average molecular weight is 384 g/mol. The van der Waals surface area contributed by atoms with Crippen LogP contribution < -0.4 is 29.6 Å². The molecule has 0 bridgehead atoms. The molecule has 7 heteroatoms. The monoisotopic (exact) mass is 383 g/mol. The van der Waals surface area contributed by atoms with Gasteiger partial charge in [-0.05, 0) is 31.8 Å². The van der Waals surface area contributed by atoms with Crippen molar-refractivity contribution in [2.24, 2.45) is 0 Å². The molecule has 0 radical (unpaired) electrons. The van der Waals surface area contributed by atoms with E-state index in [9.17, 15) is 17.8 Å². The van der Waals surface area contributed by atoms with Gasteiger partial charge in [0.25, 0.3) is 0 Å². The first kappa shape index (κ1) is 27.3. The molecule has 0 spiro atoms. The van der Waals surface area contributed by atoms with Crippen molar-refractivity contribution in [3.05, 3.63) is 12.2 Å². The third-order valence-corrected chi connectivity index (χ3v) is 4.79. The summed E-state index contributed by atoms with van der Waals surface area (Å²) in [4.78, 5) is 13.4. The van der Waals surface area contributed by atoms with Gasteiger partial charge in [-0.25, -0.2) is 8.42 Å². The minimum Gasteiger partial charge on any atom is -0.748 e. The molecule has 0 saturated heterocycles. The van der Waals surface area contributed by atoms with Crippen LogP contribution in [0.5, 0.6) is 0 Å². The molecular weight excluding hydrogens is 349 g/mol. The molecule has 0 rings (SSSR count). The van der Waals surface area contributed by atoms with Gasteiger partial charge in [0, 0.05) is 19.3 Å². The van der Waals surface area contributed by atoms with Crippen LogP contribution in [0.15, 0.2) is 12.2 Å². The van der Waals surface area contributed by atoms with E-state index in [2.05, 4.69) is 6.92 Å². The van der Waals surface area contributed by atoms with Gasteiger partial charge in [0.1, 0.15) is 0 Å². The molecule has 142 valence electrons. The van der Waals surface area contributed by atoms with Gasteiger partial charge >= 0.3 is 29.6 Å². The van der Waals surface area contributed by atoms with E-state index >= 15 is 0 Å². The van der Waals surface area contributed by atoms with Crippen LogP contribution in [0.4, 0.5) is 0 Å². The standard InChI is InChI=1S/C18H35NO4S.Na/c1-3-4-5-6-7-8-9-10-11-12-15-18(20)19(2)16-13-14-17-24(21,22)23;/h12,15H,3-11,13-14,16-17H2,1-2H3,(H,21,22,23);/q;+1/p-1/b15-12+;. The Hall–Kier alpha value is 0.120. The van der Waals surface area contributed by atoms with Crippen LogP contribution in [-0.2, 0) is 14.9 Å². The van der Waals surface area contributed by atoms with E-state index < -0.39 is 10.1 Å². The molecule has 0 N–H and O–H groups in total. The van der Waals surface area contributed by atoms with E-state index in [-0.39, 0.29) is 41.2 Å². The van der Waals surface area contributed by atoms with Gasteiger partial charge in [0.2, 0.25) is 5.91 Å². The topological polar surface area (TPSA) is 77.5 Å². The molecule has 0 heterocycles. The molecule has 0 fully saturated rings. The van der Waals surface area contributed by atoms with Crippen molar-refractivity contribution in [3.63, 3.8) is 0 Å². The van der Waals surface area contributed by atoms with Crippen LogP contribution in [-0.4, -0.2) is 43.1 Å². The first-order valence-electron chi connectivity index (χ1n) is 9.22. The SMILES string of the molecule is CCCCCCCCCC/C=C/C(=O)N(C)CCCCS(=O)(=O)[O-].[Na+]. The summed E-state index contributed by atoms with van der Waals surface area (Å²) in [5.41, 5.74) is 0. The Morgan fingerprint density at radius 2 is 1.52 bits per heavy atom. The van der Waals surface area contributed by atoms with Gasteiger partial charge < -0.3 is 9.45 Å². The summed E-state index contributed by atoms with van der Waals surface area (Å²) in [6, 6.07) is 0. The molecule has 0 aliphatic carbocycles. The van der Waals surface area contributed by atoms with E-state index in [1.165, 1.54) is 44.9 Å². The zero-order valence-electron chi connectivity index (χ0n) is 16.3. The molecule has 0 aliphatic rings. The molecule has 0 atom stereocenters. The van der Waals surface area contributed by atoms with Crippen LogP contribution >= 0.6 is 0 Å². The third-order valence-electron chi connectivity index (χ3n) is 4.00. The molecule has 5 nitrogen and oxygen atoms in total. The van der Waals surface area contributed by atoms with Crippen molar-refractivity contribution in [2.75, 3.05) is 19.3 Å². The van der Waals surface area contributed by atoms with E-state index in [0.717, 1.165) is 12.8 Å². The first-order chi connectivity index (χ1) is 11.4. The first-order valence-corrected chi connectivity index (χ1v) is 10.8. The van der Waals surface area contributed by atoms with Crippen LogP contribution in [0.1, 0.15) is 77.6 Å². The fourth-order valence-electron chi connectivity index (χ4n) is 2.45. The van der Waals surface area contributed by atoms with Crippen LogP contribution in [0.2, 0.25) is 0 Å². The molecule has 0 saturated carbocycles. The van der Waals surface area contributed by atoms with E-state index in [4.69, 9.17) is 0 Å². The van der Waals surface area contributed by atoms with E-state index in [1.807, 2.05) is 6.08 Å². The second kappa shape index (κ2) is 17.5. The van der Waals surface area contributed by atoms with Gasteiger partial charge in [0.15, 0.2) is 0 Å². The summed E-state index contributed by atoms with van der Waals surface area (Å²) in [5.74, 6) is -0.428. The number of allylic oxidation sites excluding steroid dienone is 1. The summed E-state index contributed by atoms with van der Waals surface area (Å²) in [6.45, 7) is 2.69. The number of carbonyl (C=O) groups excluding carboxylic acids is 1. The van der Waals surface area contributed by atoms with Gasteiger partial charge in [0.05, 0.1) is 10.1 Å². The summed E-state index contributed by atoms with van der Waals surface area (Å²) in [7, 11) is -2.45. The zero-order valence-corrected chi connectivity index (χ0v) is 19.2. The second-order valence-corrected chi connectivity index (χ2v) is 7.92. The summed E-state index contributed by atoms with van der Waals surface area (Å²) in [6.07, 6.45) is 15.5. The van der Waals surface area contributed by atoms with Crippen LogP contribution in [0.25, 0.3) is 0 Å². The minimum absolute atomic E-state index is 0.